The van der Waals surface area contributed by atoms with Crippen molar-refractivity contribution in [3.8, 4) is 16.9 Å². The van der Waals surface area contributed by atoms with E-state index in [9.17, 15) is 4.79 Å². The van der Waals surface area contributed by atoms with Crippen molar-refractivity contribution in [3.63, 3.8) is 0 Å². The number of nitrogens with two attached hydrogens (primary N) is 1. The SMILES string of the molecule is Cc1cc(-c2ccc3c(c2)CC(C)(C)[C@H]3OC(N)=O)cc(C)c1OC(C)C. The Hall–Kier alpha value is -2.49. The molecular weight excluding hydrogens is 338 g/mol. The quantitative estimate of drug-likeness (QED) is 0.779. The Labute approximate surface area is 161 Å². The summed E-state index contributed by atoms with van der Waals surface area (Å²) in [6.07, 6.45) is -0.0281. The molecule has 1 atom stereocenters. The summed E-state index contributed by atoms with van der Waals surface area (Å²) in [5.74, 6) is 0.964. The first-order chi connectivity index (χ1) is 12.6. The number of amides is 1. The van der Waals surface area contributed by atoms with Crippen molar-refractivity contribution in [3.05, 3.63) is 52.6 Å². The molecule has 2 aromatic rings. The molecule has 0 aromatic heterocycles. The van der Waals surface area contributed by atoms with Gasteiger partial charge in [-0.15, -0.1) is 0 Å². The van der Waals surface area contributed by atoms with E-state index in [1.54, 1.807) is 0 Å². The van der Waals surface area contributed by atoms with Crippen LogP contribution >= 0.6 is 0 Å². The highest BCUT2D eigenvalue weighted by Crippen LogP contribution is 2.48. The number of benzene rings is 2. The average molecular weight is 367 g/mol. The van der Waals surface area contributed by atoms with E-state index in [-0.39, 0.29) is 17.6 Å². The van der Waals surface area contributed by atoms with Crippen LogP contribution < -0.4 is 10.5 Å². The topological polar surface area (TPSA) is 61.5 Å². The van der Waals surface area contributed by atoms with Gasteiger partial charge < -0.3 is 15.2 Å². The van der Waals surface area contributed by atoms with Crippen molar-refractivity contribution < 1.29 is 14.3 Å². The lowest BCUT2D eigenvalue weighted by Crippen LogP contribution is -2.25. The minimum Gasteiger partial charge on any atom is -0.490 e. The highest BCUT2D eigenvalue weighted by atomic mass is 16.6. The number of hydrogen-bond donors (Lipinski definition) is 1. The van der Waals surface area contributed by atoms with Gasteiger partial charge in [-0.1, -0.05) is 32.0 Å². The third-order valence-electron chi connectivity index (χ3n) is 5.16. The third kappa shape index (κ3) is 3.80. The third-order valence-corrected chi connectivity index (χ3v) is 5.16. The van der Waals surface area contributed by atoms with Crippen LogP contribution in [0.2, 0.25) is 0 Å². The highest BCUT2D eigenvalue weighted by molar-refractivity contribution is 5.70. The van der Waals surface area contributed by atoms with E-state index in [1.807, 2.05) is 13.8 Å². The van der Waals surface area contributed by atoms with Gasteiger partial charge in [-0.05, 0) is 79.6 Å². The van der Waals surface area contributed by atoms with Gasteiger partial charge in [0.15, 0.2) is 0 Å². The molecule has 0 unspecified atom stereocenters. The zero-order valence-electron chi connectivity index (χ0n) is 17.1. The number of primary amides is 1. The van der Waals surface area contributed by atoms with Crippen LogP contribution in [0.15, 0.2) is 30.3 Å². The molecule has 144 valence electrons. The van der Waals surface area contributed by atoms with E-state index in [4.69, 9.17) is 15.2 Å². The summed E-state index contributed by atoms with van der Waals surface area (Å²) in [6, 6.07) is 10.7. The molecule has 1 aliphatic rings. The minimum atomic E-state index is -0.725. The monoisotopic (exact) mass is 367 g/mol. The summed E-state index contributed by atoms with van der Waals surface area (Å²) in [7, 11) is 0. The van der Waals surface area contributed by atoms with Gasteiger partial charge in [0.1, 0.15) is 11.9 Å². The number of hydrogen-bond acceptors (Lipinski definition) is 3. The molecule has 27 heavy (non-hydrogen) atoms. The maximum Gasteiger partial charge on any atom is 0.405 e. The summed E-state index contributed by atoms with van der Waals surface area (Å²) in [5.41, 5.74) is 12.0. The lowest BCUT2D eigenvalue weighted by molar-refractivity contribution is 0.0392. The fourth-order valence-corrected chi connectivity index (χ4v) is 4.08. The lowest BCUT2D eigenvalue weighted by Gasteiger charge is -2.26. The standard InChI is InChI=1S/C23H29NO3/c1-13(2)26-20-14(3)9-17(10-15(20)4)16-7-8-19-18(11-16)12-23(5,6)21(19)27-22(24)25/h7-11,13,21H,12H2,1-6H3,(H2,24,25)/t21-/m0/s1. The van der Waals surface area contributed by atoms with Crippen LogP contribution in [0.25, 0.3) is 11.1 Å². The molecule has 3 rings (SSSR count). The molecule has 2 aromatic carbocycles. The van der Waals surface area contributed by atoms with Gasteiger partial charge in [-0.2, -0.15) is 0 Å². The smallest absolute Gasteiger partial charge is 0.405 e. The van der Waals surface area contributed by atoms with Gasteiger partial charge in [0, 0.05) is 5.41 Å². The average Bonchev–Trinajstić information content (AvgIpc) is 2.79. The first-order valence-electron chi connectivity index (χ1n) is 9.45. The van der Waals surface area contributed by atoms with Crippen LogP contribution in [0.4, 0.5) is 4.79 Å². The van der Waals surface area contributed by atoms with E-state index in [1.165, 1.54) is 11.1 Å². The molecule has 0 spiro atoms. The van der Waals surface area contributed by atoms with Crippen LogP contribution in [-0.4, -0.2) is 12.2 Å². The summed E-state index contributed by atoms with van der Waals surface area (Å²) < 4.78 is 11.4. The summed E-state index contributed by atoms with van der Waals surface area (Å²) in [4.78, 5) is 11.3. The van der Waals surface area contributed by atoms with Crippen LogP contribution in [0, 0.1) is 19.3 Å². The number of fused-ring (bicyclic) bond motifs is 1. The van der Waals surface area contributed by atoms with Crippen LogP contribution in [0.3, 0.4) is 0 Å². The lowest BCUT2D eigenvalue weighted by atomic mass is 9.87. The van der Waals surface area contributed by atoms with Crippen LogP contribution in [0.1, 0.15) is 56.1 Å². The van der Waals surface area contributed by atoms with Crippen LogP contribution in [-0.2, 0) is 11.2 Å². The fraction of sp³-hybridized carbons (Fsp3) is 0.435. The van der Waals surface area contributed by atoms with E-state index >= 15 is 0 Å². The summed E-state index contributed by atoms with van der Waals surface area (Å²) in [6.45, 7) is 12.5. The summed E-state index contributed by atoms with van der Waals surface area (Å²) in [5, 5.41) is 0. The number of rotatable bonds is 4. The Morgan fingerprint density at radius 2 is 1.74 bits per heavy atom. The molecule has 4 nitrogen and oxygen atoms in total. The molecule has 2 N–H and O–H groups in total. The molecule has 0 saturated carbocycles. The Morgan fingerprint density at radius 1 is 1.11 bits per heavy atom. The molecule has 1 aliphatic carbocycles. The predicted molar refractivity (Wildman–Crippen MR) is 108 cm³/mol. The second-order valence-electron chi connectivity index (χ2n) is 8.50. The van der Waals surface area contributed by atoms with E-state index in [2.05, 4.69) is 58.0 Å². The second kappa shape index (κ2) is 6.91. The van der Waals surface area contributed by atoms with E-state index in [0.717, 1.165) is 34.4 Å². The maximum atomic E-state index is 11.3. The van der Waals surface area contributed by atoms with Gasteiger partial charge >= 0.3 is 6.09 Å². The Bertz CT molecular complexity index is 860. The molecule has 0 heterocycles. The van der Waals surface area contributed by atoms with E-state index in [0.29, 0.717) is 0 Å². The normalized spacial score (nSPS) is 17.7. The van der Waals surface area contributed by atoms with Crippen molar-refractivity contribution in [1.82, 2.24) is 0 Å². The van der Waals surface area contributed by atoms with Crippen LogP contribution in [0.5, 0.6) is 5.75 Å². The fourth-order valence-electron chi connectivity index (χ4n) is 4.08. The van der Waals surface area contributed by atoms with Crippen molar-refractivity contribution in [1.29, 1.82) is 0 Å². The Kier molecular flexibility index (Phi) is 4.94. The van der Waals surface area contributed by atoms with E-state index < -0.39 is 6.09 Å². The second-order valence-corrected chi connectivity index (χ2v) is 8.50. The van der Waals surface area contributed by atoms with Gasteiger partial charge in [-0.25, -0.2) is 4.79 Å². The van der Waals surface area contributed by atoms with Crippen molar-refractivity contribution in [2.75, 3.05) is 0 Å². The Morgan fingerprint density at radius 3 is 2.30 bits per heavy atom. The first kappa shape index (κ1) is 19.3. The molecule has 0 fully saturated rings. The predicted octanol–water partition coefficient (Wildman–Crippen LogP) is 5.48. The molecule has 0 saturated heterocycles. The van der Waals surface area contributed by atoms with Crippen molar-refractivity contribution in [2.24, 2.45) is 11.1 Å². The van der Waals surface area contributed by atoms with Gasteiger partial charge in [-0.3, -0.25) is 0 Å². The molecule has 0 radical (unpaired) electrons. The number of aryl methyl sites for hydroxylation is 2. The minimum absolute atomic E-state index is 0.151. The first-order valence-corrected chi connectivity index (χ1v) is 9.45. The van der Waals surface area contributed by atoms with Crippen molar-refractivity contribution in [2.45, 2.75) is 60.2 Å². The Balaban J connectivity index is 1.98. The van der Waals surface area contributed by atoms with Crippen molar-refractivity contribution >= 4 is 6.09 Å². The van der Waals surface area contributed by atoms with Gasteiger partial charge in [0.25, 0.3) is 0 Å². The highest BCUT2D eigenvalue weighted by Gasteiger charge is 2.41. The largest absolute Gasteiger partial charge is 0.490 e. The number of ether oxygens (including phenoxy) is 2. The summed E-state index contributed by atoms with van der Waals surface area (Å²) >= 11 is 0. The molecule has 0 bridgehead atoms. The molecule has 4 heteroatoms. The maximum absolute atomic E-state index is 11.3. The molecule has 1 amide bonds. The number of carbonyl (C=O) groups is 1. The number of carbonyl (C=O) groups excluding carboxylic acids is 1. The zero-order valence-corrected chi connectivity index (χ0v) is 17.1. The van der Waals surface area contributed by atoms with Gasteiger partial charge in [0.2, 0.25) is 0 Å². The van der Waals surface area contributed by atoms with Gasteiger partial charge in [0.05, 0.1) is 6.10 Å². The molecular formula is C23H29NO3. The zero-order chi connectivity index (χ0) is 19.9. The molecule has 0 aliphatic heterocycles.